The van der Waals surface area contributed by atoms with E-state index in [-0.39, 0.29) is 24.7 Å². The first kappa shape index (κ1) is 20.3. The molecule has 1 atom stereocenters. The van der Waals surface area contributed by atoms with E-state index < -0.39 is 32.1 Å². The number of nitrogens with zero attached hydrogens (tertiary/aromatic N) is 1. The van der Waals surface area contributed by atoms with Crippen molar-refractivity contribution in [1.29, 1.82) is 0 Å². The molecule has 3 N–H and O–H groups in total. The minimum Gasteiger partial charge on any atom is -0.326 e. The molecule has 0 bridgehead atoms. The van der Waals surface area contributed by atoms with Crippen molar-refractivity contribution in [3.63, 3.8) is 0 Å². The van der Waals surface area contributed by atoms with E-state index in [1.54, 1.807) is 24.3 Å². The van der Waals surface area contributed by atoms with Gasteiger partial charge in [0.2, 0.25) is 15.9 Å². The summed E-state index contributed by atoms with van der Waals surface area (Å²) in [6.45, 7) is 1.48. The molecule has 0 unspecified atom stereocenters. The Morgan fingerprint density at radius 1 is 1.21 bits per heavy atom. The quantitative estimate of drug-likeness (QED) is 0.672. The van der Waals surface area contributed by atoms with Gasteiger partial charge in [-0.1, -0.05) is 11.6 Å². The molecule has 0 spiro atoms. The van der Waals surface area contributed by atoms with Gasteiger partial charge in [0.1, 0.15) is 0 Å². The Bertz CT molecular complexity index is 1110. The van der Waals surface area contributed by atoms with E-state index in [9.17, 15) is 22.8 Å². The molecule has 0 aliphatic carbocycles. The van der Waals surface area contributed by atoms with Gasteiger partial charge < -0.3 is 10.3 Å². The first-order chi connectivity index (χ1) is 13.2. The monoisotopic (exact) mass is 426 g/mol. The minimum absolute atomic E-state index is 0.0403. The van der Waals surface area contributed by atoms with E-state index in [0.717, 1.165) is 4.31 Å². The largest absolute Gasteiger partial charge is 0.326 e. The molecule has 9 nitrogen and oxygen atoms in total. The first-order valence-electron chi connectivity index (χ1n) is 8.58. The minimum atomic E-state index is -4.16. The number of H-pyrrole nitrogens is 2. The Kier molecular flexibility index (Phi) is 5.73. The average Bonchev–Trinajstić information content (AvgIpc) is 2.62. The summed E-state index contributed by atoms with van der Waals surface area (Å²) in [5, 5.41) is 3.28. The highest BCUT2D eigenvalue weighted by molar-refractivity contribution is 7.89. The van der Waals surface area contributed by atoms with E-state index in [1.165, 1.54) is 6.92 Å². The zero-order chi connectivity index (χ0) is 20.5. The summed E-state index contributed by atoms with van der Waals surface area (Å²) < 4.78 is 27.0. The van der Waals surface area contributed by atoms with Crippen molar-refractivity contribution in [2.24, 2.45) is 5.92 Å². The lowest BCUT2D eigenvalue weighted by Crippen LogP contribution is -2.45. The number of sulfonamides is 1. The van der Waals surface area contributed by atoms with Crippen LogP contribution in [0.4, 0.5) is 5.69 Å². The normalized spacial score (nSPS) is 18.0. The number of rotatable bonds is 4. The molecule has 1 saturated heterocycles. The van der Waals surface area contributed by atoms with Crippen LogP contribution >= 0.6 is 11.6 Å². The number of anilines is 1. The Labute approximate surface area is 165 Å². The number of carbonyl (C=O) groups is 1. The van der Waals surface area contributed by atoms with E-state index in [1.807, 2.05) is 4.98 Å². The number of amides is 1. The molecular weight excluding hydrogens is 408 g/mol. The van der Waals surface area contributed by atoms with Gasteiger partial charge in [-0.2, -0.15) is 4.31 Å². The Morgan fingerprint density at radius 3 is 2.54 bits per heavy atom. The third-order valence-electron chi connectivity index (χ3n) is 4.54. The Hall–Kier alpha value is -2.43. The van der Waals surface area contributed by atoms with Crippen LogP contribution in [0.25, 0.3) is 0 Å². The Balaban J connectivity index is 1.81. The fourth-order valence-electron chi connectivity index (χ4n) is 3.18. The maximum atomic E-state index is 12.9. The van der Waals surface area contributed by atoms with Crippen LogP contribution in [-0.4, -0.2) is 41.7 Å². The molecule has 11 heteroatoms. The molecule has 1 aliphatic rings. The van der Waals surface area contributed by atoms with Gasteiger partial charge in [0.25, 0.3) is 5.56 Å². The van der Waals surface area contributed by atoms with Crippen LogP contribution in [0, 0.1) is 12.8 Å². The molecule has 1 amide bonds. The van der Waals surface area contributed by atoms with Gasteiger partial charge in [-0.3, -0.25) is 14.6 Å². The second-order valence-corrected chi connectivity index (χ2v) is 8.87. The fourth-order valence-corrected chi connectivity index (χ4v) is 5.03. The van der Waals surface area contributed by atoms with Gasteiger partial charge in [-0.05, 0) is 44.0 Å². The van der Waals surface area contributed by atoms with Gasteiger partial charge >= 0.3 is 5.69 Å². The fraction of sp³-hybridized carbons (Fsp3) is 0.353. The third kappa shape index (κ3) is 4.18. The van der Waals surface area contributed by atoms with Crippen LogP contribution in [0.15, 0.2) is 38.8 Å². The average molecular weight is 427 g/mol. The topological polar surface area (TPSA) is 132 Å². The molecular formula is C17H19ClN4O5S. The van der Waals surface area contributed by atoms with E-state index in [0.29, 0.717) is 23.6 Å². The lowest BCUT2D eigenvalue weighted by molar-refractivity contribution is -0.120. The zero-order valence-corrected chi connectivity index (χ0v) is 16.6. The predicted octanol–water partition coefficient (Wildman–Crippen LogP) is 1.06. The van der Waals surface area contributed by atoms with Crippen molar-refractivity contribution in [2.75, 3.05) is 18.4 Å². The summed E-state index contributed by atoms with van der Waals surface area (Å²) >= 11 is 5.82. The highest BCUT2D eigenvalue weighted by Crippen LogP contribution is 2.24. The summed E-state index contributed by atoms with van der Waals surface area (Å²) in [5.41, 5.74) is -1.24. The number of halogens is 1. The molecule has 1 fully saturated rings. The molecule has 3 rings (SSSR count). The van der Waals surface area contributed by atoms with Crippen LogP contribution in [0.2, 0.25) is 5.02 Å². The molecule has 150 valence electrons. The number of hydrogen-bond acceptors (Lipinski definition) is 5. The second-order valence-electron chi connectivity index (χ2n) is 6.56. The lowest BCUT2D eigenvalue weighted by Gasteiger charge is -2.31. The van der Waals surface area contributed by atoms with Crippen molar-refractivity contribution in [1.82, 2.24) is 14.3 Å². The SMILES string of the molecule is Cc1[nH]c(=O)[nH]c(=O)c1S(=O)(=O)N1CCC[C@H](C(=O)Nc2ccc(Cl)cc2)C1. The third-order valence-corrected chi connectivity index (χ3v) is 6.81. The summed E-state index contributed by atoms with van der Waals surface area (Å²) in [4.78, 5) is 39.7. The number of benzene rings is 1. The van der Waals surface area contributed by atoms with Crippen LogP contribution in [0.3, 0.4) is 0 Å². The van der Waals surface area contributed by atoms with Crippen LogP contribution in [0.5, 0.6) is 0 Å². The number of hydrogen-bond donors (Lipinski definition) is 3. The number of nitrogens with one attached hydrogen (secondary N) is 3. The molecule has 1 aromatic heterocycles. The van der Waals surface area contributed by atoms with Crippen molar-refractivity contribution in [2.45, 2.75) is 24.7 Å². The summed E-state index contributed by atoms with van der Waals surface area (Å²) in [5.74, 6) is -0.879. The highest BCUT2D eigenvalue weighted by atomic mass is 35.5. The summed E-state index contributed by atoms with van der Waals surface area (Å²) in [7, 11) is -4.16. The molecule has 0 radical (unpaired) electrons. The first-order valence-corrected chi connectivity index (χ1v) is 10.4. The van der Waals surface area contributed by atoms with Gasteiger partial charge in [-0.15, -0.1) is 0 Å². The van der Waals surface area contributed by atoms with Crippen LogP contribution in [-0.2, 0) is 14.8 Å². The van der Waals surface area contributed by atoms with Crippen molar-refractivity contribution in [3.05, 3.63) is 55.8 Å². The molecule has 1 aromatic carbocycles. The van der Waals surface area contributed by atoms with E-state index in [2.05, 4.69) is 10.3 Å². The second kappa shape index (κ2) is 7.90. The van der Waals surface area contributed by atoms with E-state index in [4.69, 9.17) is 11.6 Å². The van der Waals surface area contributed by atoms with Crippen molar-refractivity contribution in [3.8, 4) is 0 Å². The molecule has 0 saturated carbocycles. The number of carbonyl (C=O) groups excluding carboxylic acids is 1. The highest BCUT2D eigenvalue weighted by Gasteiger charge is 2.35. The van der Waals surface area contributed by atoms with Gasteiger partial charge in [-0.25, -0.2) is 13.2 Å². The van der Waals surface area contributed by atoms with Crippen LogP contribution in [0.1, 0.15) is 18.5 Å². The lowest BCUT2D eigenvalue weighted by atomic mass is 9.99. The van der Waals surface area contributed by atoms with Crippen molar-refractivity contribution < 1.29 is 13.2 Å². The van der Waals surface area contributed by atoms with Crippen LogP contribution < -0.4 is 16.6 Å². The standard InChI is InChI=1S/C17H19ClN4O5S/c1-10-14(16(24)21-17(25)19-10)28(26,27)22-8-2-3-11(9-22)15(23)20-13-6-4-12(18)5-7-13/h4-7,11H,2-3,8-9H2,1H3,(H,20,23)(H2,19,21,24,25)/t11-/m0/s1. The van der Waals surface area contributed by atoms with Gasteiger partial charge in [0, 0.05) is 29.5 Å². The molecule has 2 heterocycles. The maximum absolute atomic E-state index is 12.9. The maximum Gasteiger partial charge on any atom is 0.325 e. The number of aromatic amines is 2. The number of aromatic nitrogens is 2. The smallest absolute Gasteiger partial charge is 0.325 e. The number of piperidine rings is 1. The summed E-state index contributed by atoms with van der Waals surface area (Å²) in [6.07, 6.45) is 0.991. The van der Waals surface area contributed by atoms with E-state index >= 15 is 0 Å². The predicted molar refractivity (Wildman–Crippen MR) is 104 cm³/mol. The molecule has 2 aromatic rings. The zero-order valence-electron chi connectivity index (χ0n) is 15.0. The van der Waals surface area contributed by atoms with Gasteiger partial charge in [0.05, 0.1) is 5.92 Å². The Morgan fingerprint density at radius 2 is 1.89 bits per heavy atom. The molecule has 28 heavy (non-hydrogen) atoms. The molecule has 1 aliphatic heterocycles. The van der Waals surface area contributed by atoms with Gasteiger partial charge in [0.15, 0.2) is 4.90 Å². The summed E-state index contributed by atoms with van der Waals surface area (Å²) in [6, 6.07) is 6.58. The number of aryl methyl sites for hydroxylation is 1. The van der Waals surface area contributed by atoms with Crippen molar-refractivity contribution >= 4 is 33.2 Å².